The highest BCUT2D eigenvalue weighted by molar-refractivity contribution is 8.00. The molecular weight excluding hydrogens is 246 g/mol. The van der Waals surface area contributed by atoms with Crippen LogP contribution in [0.15, 0.2) is 6.20 Å². The van der Waals surface area contributed by atoms with Crippen molar-refractivity contribution in [3.05, 3.63) is 11.2 Å². The first-order chi connectivity index (χ1) is 7.69. The lowest BCUT2D eigenvalue weighted by Crippen LogP contribution is -2.18. The summed E-state index contributed by atoms with van der Waals surface area (Å²) in [6.45, 7) is 0.883. The number of ether oxygens (including phenoxy) is 1. The van der Waals surface area contributed by atoms with E-state index in [4.69, 9.17) is 16.3 Å². The summed E-state index contributed by atoms with van der Waals surface area (Å²) in [4.78, 5) is 8.10. The molecule has 1 aromatic heterocycles. The number of hydrogen-bond donors (Lipinski definition) is 1. The van der Waals surface area contributed by atoms with Gasteiger partial charge in [-0.05, 0) is 19.1 Å². The van der Waals surface area contributed by atoms with Gasteiger partial charge in [-0.2, -0.15) is 16.7 Å². The predicted octanol–water partition coefficient (Wildman–Crippen LogP) is 2.45. The van der Waals surface area contributed by atoms with E-state index in [2.05, 4.69) is 21.5 Å². The minimum absolute atomic E-state index is 0.334. The summed E-state index contributed by atoms with van der Waals surface area (Å²) < 4.78 is 5.33. The van der Waals surface area contributed by atoms with E-state index >= 15 is 0 Å². The molecule has 1 N–H and O–H groups in total. The quantitative estimate of drug-likeness (QED) is 0.880. The van der Waals surface area contributed by atoms with Gasteiger partial charge in [0.1, 0.15) is 5.02 Å². The number of aromatic nitrogens is 2. The molecule has 1 aliphatic carbocycles. The molecule has 1 saturated carbocycles. The average molecular weight is 260 g/mol. The van der Waals surface area contributed by atoms with Gasteiger partial charge in [0.15, 0.2) is 5.82 Å². The molecule has 0 amide bonds. The average Bonchev–Trinajstić information content (AvgIpc) is 3.09. The molecule has 0 atom stereocenters. The maximum Gasteiger partial charge on any atom is 0.318 e. The van der Waals surface area contributed by atoms with Crippen molar-refractivity contribution in [2.45, 2.75) is 17.6 Å². The van der Waals surface area contributed by atoms with Crippen molar-refractivity contribution >= 4 is 29.2 Å². The van der Waals surface area contributed by atoms with E-state index in [0.717, 1.165) is 6.54 Å². The molecule has 0 saturated heterocycles. The van der Waals surface area contributed by atoms with Gasteiger partial charge in [0.05, 0.1) is 13.3 Å². The van der Waals surface area contributed by atoms with Gasteiger partial charge in [-0.15, -0.1) is 0 Å². The lowest BCUT2D eigenvalue weighted by molar-refractivity contribution is 0.380. The van der Waals surface area contributed by atoms with Crippen molar-refractivity contribution in [2.75, 3.05) is 25.2 Å². The number of hydrogen-bond acceptors (Lipinski definition) is 5. The molecule has 88 valence electrons. The van der Waals surface area contributed by atoms with Gasteiger partial charge in [-0.1, -0.05) is 11.6 Å². The zero-order valence-electron chi connectivity index (χ0n) is 9.29. The number of halogens is 1. The van der Waals surface area contributed by atoms with Gasteiger partial charge in [-0.25, -0.2) is 4.98 Å². The Morgan fingerprint density at radius 3 is 2.94 bits per heavy atom. The van der Waals surface area contributed by atoms with Crippen LogP contribution in [0.4, 0.5) is 5.82 Å². The van der Waals surface area contributed by atoms with E-state index in [-0.39, 0.29) is 0 Å². The van der Waals surface area contributed by atoms with E-state index < -0.39 is 0 Å². The van der Waals surface area contributed by atoms with E-state index in [9.17, 15) is 0 Å². The summed E-state index contributed by atoms with van der Waals surface area (Å²) >= 11 is 7.89. The minimum atomic E-state index is 0.334. The smallest absolute Gasteiger partial charge is 0.318 e. The lowest BCUT2D eigenvalue weighted by atomic mass is 10.4. The van der Waals surface area contributed by atoms with Gasteiger partial charge in [0.2, 0.25) is 0 Å². The first-order valence-electron chi connectivity index (χ1n) is 5.05. The third-order valence-corrected chi connectivity index (χ3v) is 4.42. The Hall–Kier alpha value is -0.680. The van der Waals surface area contributed by atoms with Crippen molar-refractivity contribution in [3.63, 3.8) is 0 Å². The molecule has 16 heavy (non-hydrogen) atoms. The van der Waals surface area contributed by atoms with Gasteiger partial charge in [0, 0.05) is 11.3 Å². The topological polar surface area (TPSA) is 47.0 Å². The predicted molar refractivity (Wildman–Crippen MR) is 67.6 cm³/mol. The maximum absolute atomic E-state index is 6.00. The molecule has 1 heterocycles. The fourth-order valence-corrected chi connectivity index (χ4v) is 2.30. The number of thioether (sulfide) groups is 1. The molecule has 0 aromatic carbocycles. The van der Waals surface area contributed by atoms with E-state index in [1.54, 1.807) is 6.20 Å². The Morgan fingerprint density at radius 2 is 2.38 bits per heavy atom. The van der Waals surface area contributed by atoms with E-state index in [0.29, 0.717) is 21.6 Å². The number of nitrogens with one attached hydrogen (secondary N) is 1. The fraction of sp³-hybridized carbons (Fsp3) is 0.600. The van der Waals surface area contributed by atoms with Crippen LogP contribution >= 0.6 is 23.4 Å². The Bertz CT molecular complexity index is 384. The summed E-state index contributed by atoms with van der Waals surface area (Å²) in [6, 6.07) is 0.334. The van der Waals surface area contributed by atoms with Crippen molar-refractivity contribution < 1.29 is 4.74 Å². The summed E-state index contributed by atoms with van der Waals surface area (Å²) in [6.07, 6.45) is 6.19. The van der Waals surface area contributed by atoms with Crippen molar-refractivity contribution in [3.8, 4) is 6.01 Å². The molecule has 2 rings (SSSR count). The molecule has 4 nitrogen and oxygen atoms in total. The highest BCUT2D eigenvalue weighted by Crippen LogP contribution is 2.47. The summed E-state index contributed by atoms with van der Waals surface area (Å²) in [5.41, 5.74) is 0. The second kappa shape index (κ2) is 4.67. The normalized spacial score (nSPS) is 16.9. The maximum atomic E-state index is 6.00. The van der Waals surface area contributed by atoms with Gasteiger partial charge < -0.3 is 10.1 Å². The number of anilines is 1. The second-order valence-corrected chi connectivity index (χ2v) is 5.48. The zero-order chi connectivity index (χ0) is 11.6. The van der Waals surface area contributed by atoms with Crippen LogP contribution in [-0.4, -0.2) is 34.6 Å². The van der Waals surface area contributed by atoms with E-state index in [1.807, 2.05) is 11.8 Å². The molecule has 1 aliphatic rings. The lowest BCUT2D eigenvalue weighted by Gasteiger charge is -2.14. The number of rotatable bonds is 5. The Morgan fingerprint density at radius 1 is 1.62 bits per heavy atom. The molecule has 1 fully saturated rings. The van der Waals surface area contributed by atoms with Crippen molar-refractivity contribution in [1.82, 2.24) is 9.97 Å². The van der Waals surface area contributed by atoms with Crippen LogP contribution in [0.25, 0.3) is 0 Å². The van der Waals surface area contributed by atoms with E-state index in [1.165, 1.54) is 20.0 Å². The first kappa shape index (κ1) is 11.8. The minimum Gasteiger partial charge on any atom is -0.467 e. The Balaban J connectivity index is 2.03. The van der Waals surface area contributed by atoms with Crippen LogP contribution < -0.4 is 10.1 Å². The standard InChI is InChI=1S/C10H14ClN3OS/c1-15-9-12-5-7(11)8(14-9)13-6-10(16-2)3-4-10/h5H,3-4,6H2,1-2H3,(H,12,13,14). The van der Waals surface area contributed by atoms with Gasteiger partial charge in [-0.3, -0.25) is 0 Å². The van der Waals surface area contributed by atoms with Crippen molar-refractivity contribution in [2.24, 2.45) is 0 Å². The van der Waals surface area contributed by atoms with Crippen LogP contribution in [-0.2, 0) is 0 Å². The highest BCUT2D eigenvalue weighted by Gasteiger charge is 2.41. The van der Waals surface area contributed by atoms with Crippen LogP contribution in [0.2, 0.25) is 5.02 Å². The van der Waals surface area contributed by atoms with Crippen LogP contribution in [0.1, 0.15) is 12.8 Å². The third-order valence-electron chi connectivity index (χ3n) is 2.72. The molecule has 0 spiro atoms. The molecular formula is C10H14ClN3OS. The summed E-state index contributed by atoms with van der Waals surface area (Å²) in [5.74, 6) is 0.647. The highest BCUT2D eigenvalue weighted by atomic mass is 35.5. The molecule has 0 unspecified atom stereocenters. The fourth-order valence-electron chi connectivity index (χ4n) is 1.41. The first-order valence-corrected chi connectivity index (χ1v) is 6.65. The van der Waals surface area contributed by atoms with Gasteiger partial charge >= 0.3 is 6.01 Å². The van der Waals surface area contributed by atoms with Crippen molar-refractivity contribution in [1.29, 1.82) is 0 Å². The molecule has 1 aromatic rings. The van der Waals surface area contributed by atoms with Gasteiger partial charge in [0.25, 0.3) is 0 Å². The Kier molecular flexibility index (Phi) is 3.44. The summed E-state index contributed by atoms with van der Waals surface area (Å²) in [7, 11) is 1.54. The van der Waals surface area contributed by atoms with Crippen LogP contribution in [0, 0.1) is 0 Å². The SMILES string of the molecule is COc1ncc(Cl)c(NCC2(SC)CC2)n1. The molecule has 0 aliphatic heterocycles. The Labute approximate surface area is 104 Å². The van der Waals surface area contributed by atoms with Crippen LogP contribution in [0.3, 0.4) is 0 Å². The molecule has 0 radical (unpaired) electrons. The third kappa shape index (κ3) is 2.52. The number of methoxy groups -OCH3 is 1. The van der Waals surface area contributed by atoms with Crippen LogP contribution in [0.5, 0.6) is 6.01 Å². The number of nitrogens with zero attached hydrogens (tertiary/aromatic N) is 2. The summed E-state index contributed by atoms with van der Waals surface area (Å²) in [5, 5.41) is 3.78. The molecule has 0 bridgehead atoms. The monoisotopic (exact) mass is 259 g/mol. The molecule has 6 heteroatoms. The second-order valence-electron chi connectivity index (χ2n) is 3.79. The largest absolute Gasteiger partial charge is 0.467 e. The zero-order valence-corrected chi connectivity index (χ0v) is 10.9.